The van der Waals surface area contributed by atoms with Gasteiger partial charge in [-0.1, -0.05) is 12.1 Å². The van der Waals surface area contributed by atoms with Crippen molar-refractivity contribution in [3.63, 3.8) is 0 Å². The van der Waals surface area contributed by atoms with Crippen LogP contribution in [0.25, 0.3) is 0 Å². The van der Waals surface area contributed by atoms with Gasteiger partial charge in [-0.2, -0.15) is 0 Å². The van der Waals surface area contributed by atoms with Gasteiger partial charge >= 0.3 is 0 Å². The van der Waals surface area contributed by atoms with Crippen LogP contribution < -0.4 is 24.8 Å². The summed E-state index contributed by atoms with van der Waals surface area (Å²) in [6.07, 6.45) is 1.98. The molecule has 0 saturated heterocycles. The van der Waals surface area contributed by atoms with E-state index in [-0.39, 0.29) is 11.7 Å². The van der Waals surface area contributed by atoms with Gasteiger partial charge in [0.2, 0.25) is 0 Å². The van der Waals surface area contributed by atoms with Gasteiger partial charge in [0.25, 0.3) is 5.91 Å². The van der Waals surface area contributed by atoms with Crippen LogP contribution in [0.15, 0.2) is 65.0 Å². The van der Waals surface area contributed by atoms with E-state index in [0.717, 1.165) is 18.5 Å². The highest BCUT2D eigenvalue weighted by Crippen LogP contribution is 2.46. The van der Waals surface area contributed by atoms with Crippen molar-refractivity contribution in [2.75, 3.05) is 26.6 Å². The number of carbonyl (C=O) groups excluding carboxylic acids is 2. The van der Waals surface area contributed by atoms with Gasteiger partial charge < -0.3 is 24.8 Å². The second-order valence-corrected chi connectivity index (χ2v) is 8.03. The Hall–Kier alpha value is -3.74. The highest BCUT2D eigenvalue weighted by atomic mass is 16.5. The Labute approximate surface area is 193 Å². The first kappa shape index (κ1) is 22.5. The van der Waals surface area contributed by atoms with Crippen LogP contribution in [0.4, 0.5) is 5.69 Å². The summed E-state index contributed by atoms with van der Waals surface area (Å²) in [6, 6.07) is 12.7. The van der Waals surface area contributed by atoms with Crippen molar-refractivity contribution in [3.8, 4) is 17.2 Å². The maximum atomic E-state index is 13.7. The molecular weight excluding hydrogens is 420 g/mol. The molecule has 0 aromatic heterocycles. The number of hydrogen-bond donors (Lipinski definition) is 2. The first-order valence-electron chi connectivity index (χ1n) is 10.9. The van der Waals surface area contributed by atoms with E-state index in [2.05, 4.69) is 10.6 Å². The number of dihydropyridines is 1. The van der Waals surface area contributed by atoms with Crippen LogP contribution in [-0.2, 0) is 9.59 Å². The Morgan fingerprint density at radius 2 is 1.76 bits per heavy atom. The maximum Gasteiger partial charge on any atom is 0.254 e. The molecule has 0 fully saturated rings. The Balaban J connectivity index is 1.86. The minimum atomic E-state index is -0.589. The molecule has 1 unspecified atom stereocenters. The zero-order valence-electron chi connectivity index (χ0n) is 19.3. The largest absolute Gasteiger partial charge is 0.497 e. The molecule has 4 rings (SSSR count). The molecule has 1 amide bonds. The summed E-state index contributed by atoms with van der Waals surface area (Å²) in [6.45, 7) is 1.86. The third-order valence-electron chi connectivity index (χ3n) is 6.12. The fourth-order valence-electron chi connectivity index (χ4n) is 4.60. The van der Waals surface area contributed by atoms with Gasteiger partial charge in [0, 0.05) is 34.5 Å². The lowest BCUT2D eigenvalue weighted by molar-refractivity contribution is -0.116. The molecule has 2 aromatic carbocycles. The molecule has 0 spiro atoms. The van der Waals surface area contributed by atoms with Crippen molar-refractivity contribution >= 4 is 17.4 Å². The molecule has 2 N–H and O–H groups in total. The second kappa shape index (κ2) is 9.40. The van der Waals surface area contributed by atoms with Crippen LogP contribution >= 0.6 is 0 Å². The lowest BCUT2D eigenvalue weighted by Crippen LogP contribution is -2.35. The van der Waals surface area contributed by atoms with Crippen LogP contribution in [0.5, 0.6) is 17.2 Å². The number of hydrogen-bond acceptors (Lipinski definition) is 6. The Morgan fingerprint density at radius 1 is 1.00 bits per heavy atom. The highest BCUT2D eigenvalue weighted by Gasteiger charge is 2.40. The standard InChI is InChI=1S/C26H28N2O5/c1-15-23(26(30)28-18-8-5-6-11-22(18)33-4)24(25-19(27-15)9-7-10-20(25)29)17-14-16(31-2)12-13-21(17)32-3/h5-6,8,11-14,24,27H,7,9-10H2,1-4H3,(H,28,30). The third-order valence-corrected chi connectivity index (χ3v) is 6.12. The van der Waals surface area contributed by atoms with E-state index >= 15 is 0 Å². The van der Waals surface area contributed by atoms with Gasteiger partial charge in [-0.25, -0.2) is 0 Å². The number of allylic oxidation sites excluding steroid dienone is 3. The molecule has 7 nitrogen and oxygen atoms in total. The van der Waals surface area contributed by atoms with E-state index in [1.165, 1.54) is 0 Å². The Kier molecular flexibility index (Phi) is 6.40. The van der Waals surface area contributed by atoms with E-state index in [9.17, 15) is 9.59 Å². The fourth-order valence-corrected chi connectivity index (χ4v) is 4.60. The molecule has 1 heterocycles. The molecule has 1 aliphatic heterocycles. The molecule has 7 heteroatoms. The molecule has 0 saturated carbocycles. The smallest absolute Gasteiger partial charge is 0.254 e. The predicted molar refractivity (Wildman–Crippen MR) is 126 cm³/mol. The number of ether oxygens (including phenoxy) is 3. The summed E-state index contributed by atoms with van der Waals surface area (Å²) in [4.78, 5) is 26.9. The van der Waals surface area contributed by atoms with Crippen LogP contribution in [0.1, 0.15) is 37.7 Å². The van der Waals surface area contributed by atoms with Gasteiger partial charge in [-0.15, -0.1) is 0 Å². The first-order chi connectivity index (χ1) is 16.0. The van der Waals surface area contributed by atoms with Gasteiger partial charge in [0.05, 0.1) is 32.9 Å². The minimum absolute atomic E-state index is 0.0358. The zero-order valence-corrected chi connectivity index (χ0v) is 19.3. The average Bonchev–Trinajstić information content (AvgIpc) is 2.83. The zero-order chi connectivity index (χ0) is 23.5. The molecule has 172 valence electrons. The number of Topliss-reactive ketones (excluding diaryl/α,β-unsaturated/α-hetero) is 1. The van der Waals surface area contributed by atoms with E-state index < -0.39 is 5.92 Å². The Bertz CT molecular complexity index is 1170. The summed E-state index contributed by atoms with van der Waals surface area (Å²) in [5.41, 5.74) is 3.91. The van der Waals surface area contributed by atoms with Crippen molar-refractivity contribution in [1.29, 1.82) is 0 Å². The van der Waals surface area contributed by atoms with Crippen LogP contribution in [0.2, 0.25) is 0 Å². The number of carbonyl (C=O) groups is 2. The normalized spacial score (nSPS) is 17.8. The summed E-state index contributed by atoms with van der Waals surface area (Å²) < 4.78 is 16.5. The number of para-hydroxylation sites is 2. The topological polar surface area (TPSA) is 85.9 Å². The van der Waals surface area contributed by atoms with E-state index in [4.69, 9.17) is 14.2 Å². The Morgan fingerprint density at radius 3 is 2.48 bits per heavy atom. The summed E-state index contributed by atoms with van der Waals surface area (Å²) in [5, 5.41) is 6.30. The molecule has 1 atom stereocenters. The number of rotatable bonds is 6. The number of anilines is 1. The quantitative estimate of drug-likeness (QED) is 0.685. The summed E-state index contributed by atoms with van der Waals surface area (Å²) in [5.74, 6) is 0.893. The lowest BCUT2D eigenvalue weighted by atomic mass is 9.74. The van der Waals surface area contributed by atoms with Crippen LogP contribution in [-0.4, -0.2) is 33.0 Å². The number of benzene rings is 2. The number of nitrogens with one attached hydrogen (secondary N) is 2. The predicted octanol–water partition coefficient (Wildman–Crippen LogP) is 4.32. The SMILES string of the molecule is COc1ccc(OC)c(C2C(C(=O)Nc3ccccc3OC)=C(C)NC3=C2C(=O)CCC3)c1. The van der Waals surface area contributed by atoms with Crippen LogP contribution in [0.3, 0.4) is 0 Å². The maximum absolute atomic E-state index is 13.7. The second-order valence-electron chi connectivity index (χ2n) is 8.03. The molecule has 33 heavy (non-hydrogen) atoms. The highest BCUT2D eigenvalue weighted by molar-refractivity contribution is 6.10. The molecular formula is C26H28N2O5. The summed E-state index contributed by atoms with van der Waals surface area (Å²) >= 11 is 0. The number of methoxy groups -OCH3 is 3. The average molecular weight is 449 g/mol. The van der Waals surface area contributed by atoms with E-state index in [1.807, 2.05) is 25.1 Å². The first-order valence-corrected chi connectivity index (χ1v) is 10.9. The van der Waals surface area contributed by atoms with Crippen LogP contribution in [0, 0.1) is 0 Å². The van der Waals surface area contributed by atoms with Crippen molar-refractivity contribution in [2.24, 2.45) is 0 Å². The molecule has 0 radical (unpaired) electrons. The number of amides is 1. The van der Waals surface area contributed by atoms with Gasteiger partial charge in [0.15, 0.2) is 5.78 Å². The van der Waals surface area contributed by atoms with Crippen molar-refractivity contribution in [2.45, 2.75) is 32.1 Å². The van der Waals surface area contributed by atoms with Gasteiger partial charge in [-0.05, 0) is 50.1 Å². The molecule has 0 bridgehead atoms. The third kappa shape index (κ3) is 4.18. The molecule has 2 aromatic rings. The molecule has 1 aliphatic carbocycles. The van der Waals surface area contributed by atoms with Gasteiger partial charge in [0.1, 0.15) is 17.2 Å². The monoisotopic (exact) mass is 448 g/mol. The van der Waals surface area contributed by atoms with E-state index in [0.29, 0.717) is 51.8 Å². The minimum Gasteiger partial charge on any atom is -0.497 e. The number of ketones is 1. The lowest BCUT2D eigenvalue weighted by Gasteiger charge is -2.35. The molecule has 2 aliphatic rings. The van der Waals surface area contributed by atoms with Crippen molar-refractivity contribution < 1.29 is 23.8 Å². The van der Waals surface area contributed by atoms with Gasteiger partial charge in [-0.3, -0.25) is 9.59 Å². The summed E-state index contributed by atoms with van der Waals surface area (Å²) in [7, 11) is 4.72. The van der Waals surface area contributed by atoms with Crippen molar-refractivity contribution in [1.82, 2.24) is 5.32 Å². The van der Waals surface area contributed by atoms with Crippen molar-refractivity contribution in [3.05, 3.63) is 70.6 Å². The fraction of sp³-hybridized carbons (Fsp3) is 0.308. The van der Waals surface area contributed by atoms with E-state index in [1.54, 1.807) is 45.6 Å².